The number of piperazine rings is 1. The lowest BCUT2D eigenvalue weighted by Gasteiger charge is -2.34. The average Bonchev–Trinajstić information content (AvgIpc) is 2.99. The third-order valence-electron chi connectivity index (χ3n) is 4.76. The number of benzene rings is 2. The molecule has 0 N–H and O–H groups in total. The molecule has 0 bridgehead atoms. The molecule has 4 rings (SSSR count). The van der Waals surface area contributed by atoms with Crippen molar-refractivity contribution in [3.05, 3.63) is 67.4 Å². The molecular formula is C20H17BrCl2N2OS. The fourth-order valence-corrected chi connectivity index (χ4v) is 5.30. The average molecular weight is 484 g/mol. The quantitative estimate of drug-likeness (QED) is 0.461. The van der Waals surface area contributed by atoms with Gasteiger partial charge in [0.15, 0.2) is 0 Å². The summed E-state index contributed by atoms with van der Waals surface area (Å²) in [4.78, 5) is 17.9. The van der Waals surface area contributed by atoms with E-state index in [1.54, 1.807) is 6.07 Å². The first kappa shape index (κ1) is 19.2. The van der Waals surface area contributed by atoms with E-state index < -0.39 is 0 Å². The van der Waals surface area contributed by atoms with Crippen molar-refractivity contribution in [1.29, 1.82) is 0 Å². The summed E-state index contributed by atoms with van der Waals surface area (Å²) in [5.41, 5.74) is 1.28. The molecule has 3 aromatic rings. The summed E-state index contributed by atoms with van der Waals surface area (Å²) in [5, 5.41) is 2.08. The topological polar surface area (TPSA) is 23.6 Å². The van der Waals surface area contributed by atoms with Crippen molar-refractivity contribution in [3.8, 4) is 0 Å². The molecule has 27 heavy (non-hydrogen) atoms. The summed E-state index contributed by atoms with van der Waals surface area (Å²) >= 11 is 17.4. The van der Waals surface area contributed by atoms with Crippen LogP contribution in [-0.2, 0) is 6.54 Å². The normalized spacial score (nSPS) is 15.4. The van der Waals surface area contributed by atoms with Gasteiger partial charge in [0.05, 0.1) is 5.02 Å². The highest BCUT2D eigenvalue weighted by Gasteiger charge is 2.26. The lowest BCUT2D eigenvalue weighted by atomic mass is 10.2. The van der Waals surface area contributed by atoms with Crippen LogP contribution in [-0.4, -0.2) is 41.9 Å². The number of hydrogen-bond donors (Lipinski definition) is 0. The van der Waals surface area contributed by atoms with Crippen LogP contribution >= 0.6 is 50.5 Å². The van der Waals surface area contributed by atoms with E-state index in [-0.39, 0.29) is 5.91 Å². The molecule has 1 saturated heterocycles. The van der Waals surface area contributed by atoms with Gasteiger partial charge < -0.3 is 4.90 Å². The van der Waals surface area contributed by atoms with E-state index in [2.05, 4.69) is 45.1 Å². The molecule has 0 spiro atoms. The zero-order chi connectivity index (χ0) is 19.0. The summed E-state index contributed by atoms with van der Waals surface area (Å²) in [7, 11) is 0. The molecule has 0 atom stereocenters. The van der Waals surface area contributed by atoms with Crippen LogP contribution in [0.3, 0.4) is 0 Å². The Morgan fingerprint density at radius 1 is 1.04 bits per heavy atom. The molecule has 7 heteroatoms. The Balaban J connectivity index is 1.43. The van der Waals surface area contributed by atoms with Crippen LogP contribution in [0.25, 0.3) is 10.1 Å². The monoisotopic (exact) mass is 482 g/mol. The maximum atomic E-state index is 13.0. The molecule has 2 heterocycles. The minimum atomic E-state index is 0.0145. The van der Waals surface area contributed by atoms with Crippen LogP contribution in [0.15, 0.2) is 46.9 Å². The van der Waals surface area contributed by atoms with Gasteiger partial charge in [0.2, 0.25) is 0 Å². The SMILES string of the molecule is O=C(c1sc2cc(Cl)ccc2c1Cl)N1CCN(Cc2ccc(Br)cc2)CC1. The number of nitrogens with zero attached hydrogens (tertiary/aromatic N) is 2. The molecule has 1 aromatic heterocycles. The maximum Gasteiger partial charge on any atom is 0.265 e. The molecule has 2 aromatic carbocycles. The fourth-order valence-electron chi connectivity index (χ4n) is 3.28. The van der Waals surface area contributed by atoms with E-state index in [9.17, 15) is 4.79 Å². The zero-order valence-electron chi connectivity index (χ0n) is 14.4. The summed E-state index contributed by atoms with van der Waals surface area (Å²) < 4.78 is 2.04. The van der Waals surface area contributed by atoms with E-state index in [0.717, 1.165) is 34.2 Å². The zero-order valence-corrected chi connectivity index (χ0v) is 18.3. The van der Waals surface area contributed by atoms with Gasteiger partial charge in [-0.3, -0.25) is 9.69 Å². The largest absolute Gasteiger partial charge is 0.335 e. The summed E-state index contributed by atoms with van der Waals surface area (Å²) in [6.45, 7) is 4.03. The second-order valence-corrected chi connectivity index (χ2v) is 9.36. The molecule has 0 unspecified atom stereocenters. The lowest BCUT2D eigenvalue weighted by Crippen LogP contribution is -2.48. The molecule has 1 aliphatic heterocycles. The van der Waals surface area contributed by atoms with Gasteiger partial charge in [-0.25, -0.2) is 0 Å². The van der Waals surface area contributed by atoms with Crippen molar-refractivity contribution in [2.24, 2.45) is 0 Å². The van der Waals surface area contributed by atoms with Crippen molar-refractivity contribution in [3.63, 3.8) is 0 Å². The van der Waals surface area contributed by atoms with E-state index in [1.165, 1.54) is 16.9 Å². The van der Waals surface area contributed by atoms with Gasteiger partial charge in [0, 0.05) is 52.3 Å². The minimum Gasteiger partial charge on any atom is -0.335 e. The first-order valence-electron chi connectivity index (χ1n) is 8.65. The molecule has 0 saturated carbocycles. The highest BCUT2D eigenvalue weighted by Crippen LogP contribution is 2.37. The molecule has 0 aliphatic carbocycles. The summed E-state index contributed by atoms with van der Waals surface area (Å²) in [6, 6.07) is 13.9. The molecule has 0 radical (unpaired) electrons. The van der Waals surface area contributed by atoms with Crippen LogP contribution in [0.4, 0.5) is 0 Å². The highest BCUT2D eigenvalue weighted by molar-refractivity contribution is 9.10. The Labute approximate surface area is 180 Å². The van der Waals surface area contributed by atoms with Crippen molar-refractivity contribution in [1.82, 2.24) is 9.80 Å². The van der Waals surface area contributed by atoms with Crippen molar-refractivity contribution in [2.75, 3.05) is 26.2 Å². The van der Waals surface area contributed by atoms with Crippen LogP contribution in [0.5, 0.6) is 0 Å². The van der Waals surface area contributed by atoms with Gasteiger partial charge in [0.25, 0.3) is 5.91 Å². The molecule has 1 fully saturated rings. The Hall–Kier alpha value is -1.11. The van der Waals surface area contributed by atoms with Crippen molar-refractivity contribution >= 4 is 66.5 Å². The lowest BCUT2D eigenvalue weighted by molar-refractivity contribution is 0.0633. The molecular weight excluding hydrogens is 467 g/mol. The predicted molar refractivity (Wildman–Crippen MR) is 117 cm³/mol. The number of hydrogen-bond acceptors (Lipinski definition) is 3. The number of thiophene rings is 1. The Morgan fingerprint density at radius 2 is 1.74 bits per heavy atom. The number of carbonyl (C=O) groups is 1. The second-order valence-electron chi connectivity index (χ2n) is 6.58. The highest BCUT2D eigenvalue weighted by atomic mass is 79.9. The number of carbonyl (C=O) groups excluding carboxylic acids is 1. The number of rotatable bonds is 3. The first-order valence-corrected chi connectivity index (χ1v) is 11.0. The molecule has 1 aliphatic rings. The Kier molecular flexibility index (Phi) is 5.76. The van der Waals surface area contributed by atoms with Crippen LogP contribution < -0.4 is 0 Å². The van der Waals surface area contributed by atoms with Crippen LogP contribution in [0, 0.1) is 0 Å². The third kappa shape index (κ3) is 4.17. The van der Waals surface area contributed by atoms with Crippen molar-refractivity contribution in [2.45, 2.75) is 6.54 Å². The van der Waals surface area contributed by atoms with Crippen LogP contribution in [0.1, 0.15) is 15.2 Å². The van der Waals surface area contributed by atoms with Gasteiger partial charge in [-0.05, 0) is 29.8 Å². The number of halogens is 3. The fraction of sp³-hybridized carbons (Fsp3) is 0.250. The van der Waals surface area contributed by atoms with Crippen LogP contribution in [0.2, 0.25) is 10.0 Å². The van der Waals surface area contributed by atoms with Gasteiger partial charge >= 0.3 is 0 Å². The van der Waals surface area contributed by atoms with E-state index in [4.69, 9.17) is 23.2 Å². The summed E-state index contributed by atoms with van der Waals surface area (Å²) in [6.07, 6.45) is 0. The van der Waals surface area contributed by atoms with Gasteiger partial charge in [-0.2, -0.15) is 0 Å². The van der Waals surface area contributed by atoms with E-state index in [0.29, 0.717) is 28.0 Å². The van der Waals surface area contributed by atoms with Gasteiger partial charge in [0.1, 0.15) is 4.88 Å². The smallest absolute Gasteiger partial charge is 0.265 e. The molecule has 1 amide bonds. The summed E-state index contributed by atoms with van der Waals surface area (Å²) in [5.74, 6) is 0.0145. The standard InChI is InChI=1S/C20H17BrCl2N2OS/c21-14-3-1-13(2-4-14)12-24-7-9-25(10-8-24)20(26)19-18(23)16-6-5-15(22)11-17(16)27-19/h1-6,11H,7-10,12H2. The Bertz CT molecular complexity index is 982. The van der Waals surface area contributed by atoms with E-state index in [1.807, 2.05) is 17.0 Å². The van der Waals surface area contributed by atoms with Gasteiger partial charge in [-0.15, -0.1) is 11.3 Å². The number of fused-ring (bicyclic) bond motifs is 1. The third-order valence-corrected chi connectivity index (χ3v) is 7.17. The minimum absolute atomic E-state index is 0.0145. The molecule has 140 valence electrons. The second kappa shape index (κ2) is 8.10. The van der Waals surface area contributed by atoms with E-state index >= 15 is 0 Å². The Morgan fingerprint density at radius 3 is 2.44 bits per heavy atom. The number of amides is 1. The molecule has 3 nitrogen and oxygen atoms in total. The van der Waals surface area contributed by atoms with Crippen molar-refractivity contribution < 1.29 is 4.79 Å². The van der Waals surface area contributed by atoms with Gasteiger partial charge in [-0.1, -0.05) is 57.3 Å². The first-order chi connectivity index (χ1) is 13.0. The maximum absolute atomic E-state index is 13.0. The predicted octanol–water partition coefficient (Wildman–Crippen LogP) is 5.93.